The second-order valence-corrected chi connectivity index (χ2v) is 5.25. The maximum atomic E-state index is 12.8. The lowest BCUT2D eigenvalue weighted by Crippen LogP contribution is -2.14. The van der Waals surface area contributed by atoms with Crippen molar-refractivity contribution in [3.05, 3.63) is 59.5 Å². The van der Waals surface area contributed by atoms with Gasteiger partial charge in [0, 0.05) is 17.5 Å². The van der Waals surface area contributed by atoms with E-state index in [9.17, 15) is 9.18 Å². The SMILES string of the molecule is O=C(CCn1ncc2c(Cl)cccc21)Nc1ccc(F)cc1. The summed E-state index contributed by atoms with van der Waals surface area (Å²) in [5, 5.41) is 8.47. The van der Waals surface area contributed by atoms with Gasteiger partial charge in [0.05, 0.1) is 23.3 Å². The lowest BCUT2D eigenvalue weighted by molar-refractivity contribution is -0.116. The predicted molar refractivity (Wildman–Crippen MR) is 84.4 cm³/mol. The normalized spacial score (nSPS) is 10.8. The first-order valence-electron chi connectivity index (χ1n) is 6.79. The second kappa shape index (κ2) is 6.15. The summed E-state index contributed by atoms with van der Waals surface area (Å²) in [6.45, 7) is 0.441. The molecule has 0 aliphatic carbocycles. The van der Waals surface area contributed by atoms with Crippen LogP contribution in [0, 0.1) is 5.82 Å². The van der Waals surface area contributed by atoms with Gasteiger partial charge in [-0.2, -0.15) is 5.10 Å². The average molecular weight is 318 g/mol. The van der Waals surface area contributed by atoms with Gasteiger partial charge in [0.1, 0.15) is 5.82 Å². The molecule has 4 nitrogen and oxygen atoms in total. The van der Waals surface area contributed by atoms with Crippen molar-refractivity contribution in [2.24, 2.45) is 0 Å². The summed E-state index contributed by atoms with van der Waals surface area (Å²) in [5.41, 5.74) is 1.46. The van der Waals surface area contributed by atoms with E-state index < -0.39 is 0 Å². The number of aryl methyl sites for hydroxylation is 1. The number of amides is 1. The first-order valence-corrected chi connectivity index (χ1v) is 7.17. The fourth-order valence-electron chi connectivity index (χ4n) is 2.21. The van der Waals surface area contributed by atoms with E-state index in [1.54, 1.807) is 16.9 Å². The predicted octanol–water partition coefficient (Wildman–Crippen LogP) is 3.86. The monoisotopic (exact) mass is 317 g/mol. The van der Waals surface area contributed by atoms with E-state index in [4.69, 9.17) is 11.6 Å². The van der Waals surface area contributed by atoms with Crippen LogP contribution >= 0.6 is 11.6 Å². The summed E-state index contributed by atoms with van der Waals surface area (Å²) in [6, 6.07) is 11.2. The molecule has 6 heteroatoms. The maximum Gasteiger partial charge on any atom is 0.226 e. The Balaban J connectivity index is 1.65. The van der Waals surface area contributed by atoms with E-state index in [0.717, 1.165) is 10.9 Å². The molecule has 22 heavy (non-hydrogen) atoms. The van der Waals surface area contributed by atoms with Crippen molar-refractivity contribution in [2.75, 3.05) is 5.32 Å². The van der Waals surface area contributed by atoms with Crippen LogP contribution in [0.5, 0.6) is 0 Å². The van der Waals surface area contributed by atoms with Crippen LogP contribution in [0.15, 0.2) is 48.7 Å². The van der Waals surface area contributed by atoms with Crippen LogP contribution in [-0.2, 0) is 11.3 Å². The van der Waals surface area contributed by atoms with Gasteiger partial charge >= 0.3 is 0 Å². The number of anilines is 1. The van der Waals surface area contributed by atoms with Crippen molar-refractivity contribution in [1.29, 1.82) is 0 Å². The fraction of sp³-hybridized carbons (Fsp3) is 0.125. The molecule has 0 bridgehead atoms. The zero-order valence-corrected chi connectivity index (χ0v) is 12.3. The molecular formula is C16H13ClFN3O. The van der Waals surface area contributed by atoms with Crippen LogP contribution in [-0.4, -0.2) is 15.7 Å². The number of benzene rings is 2. The summed E-state index contributed by atoms with van der Waals surface area (Å²) in [5.74, 6) is -0.491. The number of carbonyl (C=O) groups excluding carboxylic acids is 1. The molecule has 0 spiro atoms. The number of carbonyl (C=O) groups is 1. The van der Waals surface area contributed by atoms with Crippen LogP contribution in [0.3, 0.4) is 0 Å². The number of nitrogens with one attached hydrogen (secondary N) is 1. The zero-order valence-electron chi connectivity index (χ0n) is 11.6. The molecule has 0 saturated carbocycles. The van der Waals surface area contributed by atoms with Crippen molar-refractivity contribution in [2.45, 2.75) is 13.0 Å². The molecule has 0 saturated heterocycles. The topological polar surface area (TPSA) is 46.9 Å². The van der Waals surface area contributed by atoms with E-state index in [-0.39, 0.29) is 18.1 Å². The Morgan fingerprint density at radius 3 is 2.77 bits per heavy atom. The molecule has 0 aliphatic heterocycles. The molecule has 3 aromatic rings. The number of halogens is 2. The highest BCUT2D eigenvalue weighted by molar-refractivity contribution is 6.35. The van der Waals surface area contributed by atoms with Crippen molar-refractivity contribution in [3.63, 3.8) is 0 Å². The number of nitrogens with zero attached hydrogens (tertiary/aromatic N) is 2. The van der Waals surface area contributed by atoms with Gasteiger partial charge in [-0.3, -0.25) is 9.48 Å². The fourth-order valence-corrected chi connectivity index (χ4v) is 2.43. The van der Waals surface area contributed by atoms with E-state index in [1.165, 1.54) is 24.3 Å². The molecule has 1 aromatic heterocycles. The van der Waals surface area contributed by atoms with Crippen molar-refractivity contribution in [3.8, 4) is 0 Å². The molecule has 1 heterocycles. The molecule has 0 radical (unpaired) electrons. The third-order valence-electron chi connectivity index (χ3n) is 3.31. The highest BCUT2D eigenvalue weighted by Gasteiger charge is 2.08. The molecule has 1 N–H and O–H groups in total. The van der Waals surface area contributed by atoms with Crippen molar-refractivity contribution < 1.29 is 9.18 Å². The molecule has 0 atom stereocenters. The summed E-state index contributed by atoms with van der Waals surface area (Å²) in [4.78, 5) is 11.9. The van der Waals surface area contributed by atoms with Gasteiger partial charge in [-0.15, -0.1) is 0 Å². The molecule has 0 aliphatic rings. The number of hydrogen-bond acceptors (Lipinski definition) is 2. The quantitative estimate of drug-likeness (QED) is 0.794. The molecule has 112 valence electrons. The smallest absolute Gasteiger partial charge is 0.226 e. The van der Waals surface area contributed by atoms with E-state index in [1.807, 2.05) is 12.1 Å². The van der Waals surface area contributed by atoms with E-state index in [0.29, 0.717) is 17.3 Å². The van der Waals surface area contributed by atoms with Gasteiger partial charge in [-0.25, -0.2) is 4.39 Å². The highest BCUT2D eigenvalue weighted by Crippen LogP contribution is 2.22. The number of rotatable bonds is 4. The Morgan fingerprint density at radius 2 is 2.00 bits per heavy atom. The van der Waals surface area contributed by atoms with Crippen LogP contribution in [0.25, 0.3) is 10.9 Å². The van der Waals surface area contributed by atoms with Crippen LogP contribution in [0.2, 0.25) is 5.02 Å². The van der Waals surface area contributed by atoms with Crippen LogP contribution < -0.4 is 5.32 Å². The molecule has 0 unspecified atom stereocenters. The van der Waals surface area contributed by atoms with Gasteiger partial charge in [-0.05, 0) is 36.4 Å². The van der Waals surface area contributed by atoms with E-state index in [2.05, 4.69) is 10.4 Å². The molecule has 2 aromatic carbocycles. The van der Waals surface area contributed by atoms with Crippen molar-refractivity contribution in [1.82, 2.24) is 9.78 Å². The Kier molecular flexibility index (Phi) is 4.06. The van der Waals surface area contributed by atoms with Gasteiger partial charge in [-0.1, -0.05) is 17.7 Å². The van der Waals surface area contributed by atoms with Crippen molar-refractivity contribution >= 4 is 34.1 Å². The summed E-state index contributed by atoms with van der Waals surface area (Å²) in [6.07, 6.45) is 1.95. The number of aromatic nitrogens is 2. The molecule has 3 rings (SSSR count). The standard InChI is InChI=1S/C16H13ClFN3O/c17-14-2-1-3-15-13(14)10-19-21(15)9-8-16(22)20-12-6-4-11(18)5-7-12/h1-7,10H,8-9H2,(H,20,22). The minimum absolute atomic E-state index is 0.155. The third-order valence-corrected chi connectivity index (χ3v) is 3.64. The average Bonchev–Trinajstić information content (AvgIpc) is 2.92. The third kappa shape index (κ3) is 3.09. The van der Waals surface area contributed by atoms with Crippen LogP contribution in [0.4, 0.5) is 10.1 Å². The van der Waals surface area contributed by atoms with Gasteiger partial charge in [0.25, 0.3) is 0 Å². The molecular weight excluding hydrogens is 305 g/mol. The lowest BCUT2D eigenvalue weighted by atomic mass is 10.2. The second-order valence-electron chi connectivity index (χ2n) is 4.85. The van der Waals surface area contributed by atoms with Gasteiger partial charge in [0.2, 0.25) is 5.91 Å². The Morgan fingerprint density at radius 1 is 1.23 bits per heavy atom. The highest BCUT2D eigenvalue weighted by atomic mass is 35.5. The summed E-state index contributed by atoms with van der Waals surface area (Å²) < 4.78 is 14.5. The Hall–Kier alpha value is -2.40. The van der Waals surface area contributed by atoms with Gasteiger partial charge < -0.3 is 5.32 Å². The lowest BCUT2D eigenvalue weighted by Gasteiger charge is -2.06. The first kappa shape index (κ1) is 14.5. The summed E-state index contributed by atoms with van der Waals surface area (Å²) >= 11 is 6.09. The first-order chi connectivity index (χ1) is 10.6. The number of fused-ring (bicyclic) bond motifs is 1. The largest absolute Gasteiger partial charge is 0.326 e. The minimum atomic E-state index is -0.335. The minimum Gasteiger partial charge on any atom is -0.326 e. The van der Waals surface area contributed by atoms with Gasteiger partial charge in [0.15, 0.2) is 0 Å². The van der Waals surface area contributed by atoms with E-state index >= 15 is 0 Å². The Bertz CT molecular complexity index is 814. The Labute approximate surface area is 131 Å². The zero-order chi connectivity index (χ0) is 15.5. The molecule has 0 fully saturated rings. The molecule has 1 amide bonds. The number of hydrogen-bond donors (Lipinski definition) is 1. The maximum absolute atomic E-state index is 12.8. The van der Waals surface area contributed by atoms with Crippen LogP contribution in [0.1, 0.15) is 6.42 Å². The summed E-state index contributed by atoms with van der Waals surface area (Å²) in [7, 11) is 0.